The van der Waals surface area contributed by atoms with Crippen molar-refractivity contribution in [1.29, 1.82) is 0 Å². The minimum atomic E-state index is 0.784. The quantitative estimate of drug-likeness (QED) is 0.770. The van der Waals surface area contributed by atoms with Crippen molar-refractivity contribution >= 4 is 0 Å². The number of nitrogens with one attached hydrogen (secondary N) is 1. The van der Waals surface area contributed by atoms with Crippen molar-refractivity contribution < 1.29 is 0 Å². The van der Waals surface area contributed by atoms with E-state index in [0.717, 1.165) is 12.0 Å². The molecule has 0 radical (unpaired) electrons. The Morgan fingerprint density at radius 2 is 1.88 bits per heavy atom. The van der Waals surface area contributed by atoms with Crippen LogP contribution in [0.2, 0.25) is 0 Å². The van der Waals surface area contributed by atoms with E-state index in [1.165, 1.54) is 58.5 Å². The van der Waals surface area contributed by atoms with Crippen molar-refractivity contribution in [2.75, 3.05) is 46.3 Å². The van der Waals surface area contributed by atoms with E-state index in [4.69, 9.17) is 0 Å². The van der Waals surface area contributed by atoms with Gasteiger partial charge in [0.15, 0.2) is 0 Å². The predicted molar refractivity (Wildman–Crippen MR) is 68.7 cm³/mol. The summed E-state index contributed by atoms with van der Waals surface area (Å²) in [7, 11) is 2.23. The number of hydrogen-bond donors (Lipinski definition) is 1. The normalized spacial score (nSPS) is 30.0. The zero-order chi connectivity index (χ0) is 11.4. The van der Waals surface area contributed by atoms with Crippen LogP contribution in [0.1, 0.15) is 26.2 Å². The third-order valence-corrected chi connectivity index (χ3v) is 4.23. The first-order valence-corrected chi connectivity index (χ1v) is 6.92. The van der Waals surface area contributed by atoms with Gasteiger partial charge in [0.2, 0.25) is 0 Å². The summed E-state index contributed by atoms with van der Waals surface area (Å²) in [6.45, 7) is 9.90. The molecule has 16 heavy (non-hydrogen) atoms. The van der Waals surface area contributed by atoms with Crippen molar-refractivity contribution in [1.82, 2.24) is 15.1 Å². The third-order valence-electron chi connectivity index (χ3n) is 4.23. The molecule has 2 aliphatic rings. The van der Waals surface area contributed by atoms with Crippen molar-refractivity contribution in [3.05, 3.63) is 0 Å². The largest absolute Gasteiger partial charge is 0.314 e. The molecule has 94 valence electrons. The highest BCUT2D eigenvalue weighted by Gasteiger charge is 2.22. The highest BCUT2D eigenvalue weighted by Crippen LogP contribution is 2.16. The van der Waals surface area contributed by atoms with Gasteiger partial charge >= 0.3 is 0 Å². The van der Waals surface area contributed by atoms with Gasteiger partial charge in [0, 0.05) is 12.6 Å². The molecule has 0 aromatic carbocycles. The highest BCUT2D eigenvalue weighted by atomic mass is 15.1. The van der Waals surface area contributed by atoms with Crippen molar-refractivity contribution in [3.63, 3.8) is 0 Å². The van der Waals surface area contributed by atoms with Crippen LogP contribution in [0.15, 0.2) is 0 Å². The van der Waals surface area contributed by atoms with Gasteiger partial charge in [-0.25, -0.2) is 0 Å². The van der Waals surface area contributed by atoms with Crippen LogP contribution in [-0.4, -0.2) is 62.2 Å². The second kappa shape index (κ2) is 5.99. The highest BCUT2D eigenvalue weighted by molar-refractivity contribution is 4.80. The molecule has 1 atom stereocenters. The molecule has 1 unspecified atom stereocenters. The molecule has 0 saturated carbocycles. The first kappa shape index (κ1) is 12.3. The number of nitrogens with zero attached hydrogens (tertiary/aromatic N) is 2. The molecular weight excluding hydrogens is 198 g/mol. The maximum Gasteiger partial charge on any atom is 0.00915 e. The van der Waals surface area contributed by atoms with Crippen LogP contribution in [0.4, 0.5) is 0 Å². The third kappa shape index (κ3) is 3.44. The van der Waals surface area contributed by atoms with E-state index in [0.29, 0.717) is 0 Å². The Morgan fingerprint density at radius 1 is 1.12 bits per heavy atom. The van der Waals surface area contributed by atoms with Gasteiger partial charge in [-0.1, -0.05) is 6.92 Å². The summed E-state index contributed by atoms with van der Waals surface area (Å²) in [6, 6.07) is 0.784. The average Bonchev–Trinajstić information content (AvgIpc) is 2.76. The molecule has 3 nitrogen and oxygen atoms in total. The van der Waals surface area contributed by atoms with Crippen LogP contribution in [0.5, 0.6) is 0 Å². The fourth-order valence-corrected chi connectivity index (χ4v) is 2.91. The number of hydrogen-bond acceptors (Lipinski definition) is 3. The first-order valence-electron chi connectivity index (χ1n) is 6.92. The Balaban J connectivity index is 1.61. The Morgan fingerprint density at radius 3 is 2.50 bits per heavy atom. The van der Waals surface area contributed by atoms with Crippen LogP contribution in [-0.2, 0) is 0 Å². The molecular formula is C13H27N3. The predicted octanol–water partition coefficient (Wildman–Crippen LogP) is 1.01. The molecule has 3 heteroatoms. The number of rotatable bonds is 4. The van der Waals surface area contributed by atoms with E-state index in [1.54, 1.807) is 0 Å². The topological polar surface area (TPSA) is 18.5 Å². The fourth-order valence-electron chi connectivity index (χ4n) is 2.91. The Bertz CT molecular complexity index is 197. The summed E-state index contributed by atoms with van der Waals surface area (Å²) in [5.41, 5.74) is 0. The van der Waals surface area contributed by atoms with E-state index >= 15 is 0 Å². The Hall–Kier alpha value is -0.120. The molecule has 0 spiro atoms. The van der Waals surface area contributed by atoms with Gasteiger partial charge in [-0.2, -0.15) is 0 Å². The van der Waals surface area contributed by atoms with Crippen LogP contribution >= 0.6 is 0 Å². The summed E-state index contributed by atoms with van der Waals surface area (Å²) in [5.74, 6) is 0.902. The van der Waals surface area contributed by atoms with Gasteiger partial charge < -0.3 is 15.1 Å². The molecule has 2 fully saturated rings. The van der Waals surface area contributed by atoms with E-state index in [1.807, 2.05) is 0 Å². The Labute approximate surface area is 100 Å². The molecule has 0 aromatic heterocycles. The summed E-state index contributed by atoms with van der Waals surface area (Å²) in [4.78, 5) is 5.01. The van der Waals surface area contributed by atoms with E-state index in [9.17, 15) is 0 Å². The van der Waals surface area contributed by atoms with Gasteiger partial charge in [0.25, 0.3) is 0 Å². The molecule has 2 rings (SSSR count). The molecule has 0 aromatic rings. The lowest BCUT2D eigenvalue weighted by Crippen LogP contribution is -2.42. The van der Waals surface area contributed by atoms with Crippen molar-refractivity contribution in [2.24, 2.45) is 5.92 Å². The lowest BCUT2D eigenvalue weighted by atomic mass is 10.0. The number of likely N-dealkylation sites (tertiary alicyclic amines) is 2. The average molecular weight is 225 g/mol. The van der Waals surface area contributed by atoms with Crippen LogP contribution in [0, 0.1) is 5.92 Å². The Kier molecular flexibility index (Phi) is 4.62. The molecule has 2 heterocycles. The van der Waals surface area contributed by atoms with Gasteiger partial charge in [-0.15, -0.1) is 0 Å². The zero-order valence-electron chi connectivity index (χ0n) is 10.9. The lowest BCUT2D eigenvalue weighted by molar-refractivity contribution is 0.229. The van der Waals surface area contributed by atoms with Gasteiger partial charge in [-0.3, -0.25) is 0 Å². The minimum Gasteiger partial charge on any atom is -0.314 e. The van der Waals surface area contributed by atoms with E-state index < -0.39 is 0 Å². The standard InChI is InChI=1S/C13H27N3/c1-3-16-9-4-12(11-16)10-14-13-5-7-15(2)8-6-13/h12-14H,3-11H2,1-2H3. The van der Waals surface area contributed by atoms with Gasteiger partial charge in [0.1, 0.15) is 0 Å². The fraction of sp³-hybridized carbons (Fsp3) is 1.00. The maximum absolute atomic E-state index is 3.78. The summed E-state index contributed by atoms with van der Waals surface area (Å²) >= 11 is 0. The van der Waals surface area contributed by atoms with Gasteiger partial charge in [-0.05, 0) is 65.0 Å². The lowest BCUT2D eigenvalue weighted by Gasteiger charge is -2.30. The molecule has 0 aliphatic carbocycles. The van der Waals surface area contributed by atoms with Crippen molar-refractivity contribution in [2.45, 2.75) is 32.2 Å². The van der Waals surface area contributed by atoms with Crippen LogP contribution < -0.4 is 5.32 Å². The SMILES string of the molecule is CCN1CCC(CNC2CCN(C)CC2)C1. The molecule has 2 aliphatic heterocycles. The first-order chi connectivity index (χ1) is 7.78. The minimum absolute atomic E-state index is 0.784. The van der Waals surface area contributed by atoms with Crippen LogP contribution in [0.25, 0.3) is 0 Å². The molecule has 0 bridgehead atoms. The summed E-state index contributed by atoms with van der Waals surface area (Å²) < 4.78 is 0. The van der Waals surface area contributed by atoms with Crippen molar-refractivity contribution in [3.8, 4) is 0 Å². The second-order valence-electron chi connectivity index (χ2n) is 5.53. The monoisotopic (exact) mass is 225 g/mol. The summed E-state index contributed by atoms with van der Waals surface area (Å²) in [6.07, 6.45) is 4.06. The molecule has 0 amide bonds. The second-order valence-corrected chi connectivity index (χ2v) is 5.53. The number of piperidine rings is 1. The van der Waals surface area contributed by atoms with Crippen LogP contribution in [0.3, 0.4) is 0 Å². The molecule has 1 N–H and O–H groups in total. The van der Waals surface area contributed by atoms with Gasteiger partial charge in [0.05, 0.1) is 0 Å². The van der Waals surface area contributed by atoms with E-state index in [2.05, 4.69) is 29.1 Å². The van der Waals surface area contributed by atoms with E-state index in [-0.39, 0.29) is 0 Å². The summed E-state index contributed by atoms with van der Waals surface area (Å²) in [5, 5.41) is 3.78. The zero-order valence-corrected chi connectivity index (χ0v) is 10.9. The smallest absolute Gasteiger partial charge is 0.00915 e. The maximum atomic E-state index is 3.78. The molecule has 2 saturated heterocycles.